The molecular formula is C6H11NO3. The summed E-state index contributed by atoms with van der Waals surface area (Å²) in [6, 6.07) is -0.584. The van der Waals surface area contributed by atoms with Gasteiger partial charge in [-0.15, -0.1) is 0 Å². The first-order chi connectivity index (χ1) is 4.57. The summed E-state index contributed by atoms with van der Waals surface area (Å²) in [5.74, 6) is -0.839. The van der Waals surface area contributed by atoms with E-state index in [1.54, 1.807) is 0 Å². The van der Waals surface area contributed by atoms with Crippen LogP contribution in [0.15, 0.2) is 0 Å². The summed E-state index contributed by atoms with van der Waals surface area (Å²) in [5, 5.41) is 0. The van der Waals surface area contributed by atoms with Crippen LogP contribution in [-0.4, -0.2) is 24.9 Å². The number of hydrogen-bond acceptors (Lipinski definition) is 4. The van der Waals surface area contributed by atoms with Crippen molar-refractivity contribution >= 4 is 11.8 Å². The SMILES string of the molecule is COC(=O)CC(=O)C(C)N. The third-order valence-electron chi connectivity index (χ3n) is 1.05. The van der Waals surface area contributed by atoms with Gasteiger partial charge in [0.25, 0.3) is 0 Å². The van der Waals surface area contributed by atoms with E-state index in [1.807, 2.05) is 0 Å². The summed E-state index contributed by atoms with van der Waals surface area (Å²) in [6.07, 6.45) is -0.228. The van der Waals surface area contributed by atoms with Gasteiger partial charge in [0.2, 0.25) is 0 Å². The average molecular weight is 145 g/mol. The first-order valence-electron chi connectivity index (χ1n) is 2.93. The van der Waals surface area contributed by atoms with Gasteiger partial charge in [-0.1, -0.05) is 0 Å². The fraction of sp³-hybridized carbons (Fsp3) is 0.667. The Morgan fingerprint density at radius 2 is 2.10 bits per heavy atom. The van der Waals surface area contributed by atoms with Crippen LogP contribution in [0.4, 0.5) is 0 Å². The second kappa shape index (κ2) is 4.00. The van der Waals surface area contributed by atoms with Crippen LogP contribution < -0.4 is 5.73 Å². The molecule has 0 amide bonds. The molecule has 0 spiro atoms. The fourth-order valence-electron chi connectivity index (χ4n) is 0.375. The second-order valence-corrected chi connectivity index (χ2v) is 2.01. The highest BCUT2D eigenvalue weighted by Gasteiger charge is 2.12. The van der Waals surface area contributed by atoms with E-state index < -0.39 is 12.0 Å². The molecular weight excluding hydrogens is 134 g/mol. The van der Waals surface area contributed by atoms with E-state index in [0.29, 0.717) is 0 Å². The number of hydrogen-bond donors (Lipinski definition) is 1. The molecule has 0 aliphatic carbocycles. The van der Waals surface area contributed by atoms with Gasteiger partial charge in [-0.3, -0.25) is 9.59 Å². The standard InChI is InChI=1S/C6H11NO3/c1-4(7)5(8)3-6(9)10-2/h4H,3,7H2,1-2H3. The number of methoxy groups -OCH3 is 1. The maximum absolute atomic E-state index is 10.7. The monoisotopic (exact) mass is 145 g/mol. The minimum atomic E-state index is -0.584. The zero-order valence-corrected chi connectivity index (χ0v) is 6.09. The highest BCUT2D eigenvalue weighted by molar-refractivity contribution is 5.98. The quantitative estimate of drug-likeness (QED) is 0.428. The second-order valence-electron chi connectivity index (χ2n) is 2.01. The van der Waals surface area contributed by atoms with Crippen molar-refractivity contribution in [1.29, 1.82) is 0 Å². The molecule has 0 radical (unpaired) electrons. The van der Waals surface area contributed by atoms with Crippen molar-refractivity contribution in [2.75, 3.05) is 7.11 Å². The van der Waals surface area contributed by atoms with Gasteiger partial charge in [0, 0.05) is 0 Å². The minimum Gasteiger partial charge on any atom is -0.469 e. The molecule has 0 fully saturated rings. The zero-order chi connectivity index (χ0) is 8.15. The van der Waals surface area contributed by atoms with Gasteiger partial charge in [0.05, 0.1) is 13.2 Å². The largest absolute Gasteiger partial charge is 0.469 e. The molecule has 58 valence electrons. The third kappa shape index (κ3) is 3.19. The van der Waals surface area contributed by atoms with E-state index in [9.17, 15) is 9.59 Å². The molecule has 0 aliphatic rings. The number of carbonyl (C=O) groups excluding carboxylic acids is 2. The van der Waals surface area contributed by atoms with Crippen LogP contribution in [0, 0.1) is 0 Å². The molecule has 4 heteroatoms. The zero-order valence-electron chi connectivity index (χ0n) is 6.09. The van der Waals surface area contributed by atoms with E-state index in [-0.39, 0.29) is 12.2 Å². The molecule has 0 saturated heterocycles. The van der Waals surface area contributed by atoms with Gasteiger partial charge in [-0.2, -0.15) is 0 Å². The summed E-state index contributed by atoms with van der Waals surface area (Å²) in [5.41, 5.74) is 5.18. The highest BCUT2D eigenvalue weighted by atomic mass is 16.5. The van der Waals surface area contributed by atoms with Gasteiger partial charge < -0.3 is 10.5 Å². The molecule has 0 saturated carbocycles. The summed E-state index contributed by atoms with van der Waals surface area (Å²) >= 11 is 0. The molecule has 0 aromatic heterocycles. The molecule has 0 aromatic rings. The van der Waals surface area contributed by atoms with Crippen LogP contribution in [0.3, 0.4) is 0 Å². The number of rotatable bonds is 3. The Balaban J connectivity index is 3.69. The van der Waals surface area contributed by atoms with E-state index in [0.717, 1.165) is 0 Å². The molecule has 4 nitrogen and oxygen atoms in total. The minimum absolute atomic E-state index is 0.228. The number of ether oxygens (including phenoxy) is 1. The van der Waals surface area contributed by atoms with Gasteiger partial charge >= 0.3 is 5.97 Å². The Bertz CT molecular complexity index is 142. The molecule has 0 heterocycles. The van der Waals surface area contributed by atoms with E-state index in [2.05, 4.69) is 4.74 Å². The first kappa shape index (κ1) is 9.10. The lowest BCUT2D eigenvalue weighted by atomic mass is 10.2. The smallest absolute Gasteiger partial charge is 0.313 e. The lowest BCUT2D eigenvalue weighted by Gasteiger charge is -2.01. The van der Waals surface area contributed by atoms with Crippen LogP contribution in [0.1, 0.15) is 13.3 Å². The Morgan fingerprint density at radius 3 is 2.40 bits per heavy atom. The summed E-state index contributed by atoms with van der Waals surface area (Å²) < 4.78 is 4.26. The van der Waals surface area contributed by atoms with Crippen molar-refractivity contribution < 1.29 is 14.3 Å². The van der Waals surface area contributed by atoms with Crippen molar-refractivity contribution in [3.63, 3.8) is 0 Å². The Kier molecular flexibility index (Phi) is 3.64. The number of Topliss-reactive ketones (excluding diaryl/α,β-unsaturated/α-hetero) is 1. The average Bonchev–Trinajstić information content (AvgIpc) is 1.87. The fourth-order valence-corrected chi connectivity index (χ4v) is 0.375. The molecule has 10 heavy (non-hydrogen) atoms. The van der Waals surface area contributed by atoms with Crippen molar-refractivity contribution in [2.24, 2.45) is 5.73 Å². The van der Waals surface area contributed by atoms with Crippen molar-refractivity contribution in [1.82, 2.24) is 0 Å². The number of nitrogens with two attached hydrogens (primary N) is 1. The van der Waals surface area contributed by atoms with Crippen LogP contribution in [0.5, 0.6) is 0 Å². The molecule has 1 atom stereocenters. The number of carbonyl (C=O) groups is 2. The van der Waals surface area contributed by atoms with Crippen LogP contribution in [0.2, 0.25) is 0 Å². The predicted octanol–water partition coefficient (Wildman–Crippen LogP) is -0.534. The highest BCUT2D eigenvalue weighted by Crippen LogP contribution is 1.89. The van der Waals surface area contributed by atoms with Gasteiger partial charge in [-0.25, -0.2) is 0 Å². The maximum Gasteiger partial charge on any atom is 0.313 e. The summed E-state index contributed by atoms with van der Waals surface area (Å²) in [6.45, 7) is 1.53. The number of ketones is 1. The maximum atomic E-state index is 10.7. The normalized spacial score (nSPS) is 12.3. The lowest BCUT2D eigenvalue weighted by molar-refractivity contribution is -0.143. The Hall–Kier alpha value is -0.900. The van der Waals surface area contributed by atoms with Gasteiger partial charge in [0.15, 0.2) is 5.78 Å². The van der Waals surface area contributed by atoms with Gasteiger partial charge in [0.1, 0.15) is 6.42 Å². The summed E-state index contributed by atoms with van der Waals surface area (Å²) in [4.78, 5) is 21.1. The Labute approximate surface area is 59.3 Å². The van der Waals surface area contributed by atoms with Crippen molar-refractivity contribution in [2.45, 2.75) is 19.4 Å². The van der Waals surface area contributed by atoms with Crippen LogP contribution >= 0.6 is 0 Å². The van der Waals surface area contributed by atoms with Crippen molar-refractivity contribution in [3.05, 3.63) is 0 Å². The molecule has 0 bridgehead atoms. The van der Waals surface area contributed by atoms with E-state index >= 15 is 0 Å². The van der Waals surface area contributed by atoms with E-state index in [4.69, 9.17) is 5.73 Å². The molecule has 0 aromatic carbocycles. The molecule has 0 rings (SSSR count). The van der Waals surface area contributed by atoms with Crippen LogP contribution in [-0.2, 0) is 14.3 Å². The molecule has 0 aliphatic heterocycles. The van der Waals surface area contributed by atoms with E-state index in [1.165, 1.54) is 14.0 Å². The predicted molar refractivity (Wildman–Crippen MR) is 35.3 cm³/mol. The lowest BCUT2D eigenvalue weighted by Crippen LogP contribution is -2.28. The van der Waals surface area contributed by atoms with Gasteiger partial charge in [-0.05, 0) is 6.92 Å². The molecule has 1 unspecified atom stereocenters. The first-order valence-corrected chi connectivity index (χ1v) is 2.93. The topological polar surface area (TPSA) is 69.4 Å². The summed E-state index contributed by atoms with van der Waals surface area (Å²) in [7, 11) is 1.23. The third-order valence-corrected chi connectivity index (χ3v) is 1.05. The number of esters is 1. The van der Waals surface area contributed by atoms with Crippen molar-refractivity contribution in [3.8, 4) is 0 Å². The Morgan fingerprint density at radius 1 is 1.60 bits per heavy atom. The van der Waals surface area contributed by atoms with Crippen LogP contribution in [0.25, 0.3) is 0 Å². The molecule has 2 N–H and O–H groups in total.